The highest BCUT2D eigenvalue weighted by Gasteiger charge is 2.33. The predicted molar refractivity (Wildman–Crippen MR) is 134 cm³/mol. The number of carbonyl (C=O) groups is 1. The molecule has 0 unspecified atom stereocenters. The number of benzene rings is 2. The first-order chi connectivity index (χ1) is 15.1. The van der Waals surface area contributed by atoms with Gasteiger partial charge in [0.2, 0.25) is 0 Å². The van der Waals surface area contributed by atoms with Crippen LogP contribution in [0.4, 0.5) is 5.69 Å². The van der Waals surface area contributed by atoms with Crippen LogP contribution in [0.1, 0.15) is 51.0 Å². The molecule has 31 heavy (non-hydrogen) atoms. The second kappa shape index (κ2) is 11.9. The third-order valence-electron chi connectivity index (χ3n) is 5.05. The van der Waals surface area contributed by atoms with Gasteiger partial charge in [-0.3, -0.25) is 9.69 Å². The van der Waals surface area contributed by atoms with E-state index >= 15 is 0 Å². The number of amides is 1. The zero-order valence-corrected chi connectivity index (χ0v) is 19.8. The fourth-order valence-electron chi connectivity index (χ4n) is 3.32. The molecule has 0 aromatic heterocycles. The van der Waals surface area contributed by atoms with Crippen molar-refractivity contribution in [2.24, 2.45) is 0 Å². The lowest BCUT2D eigenvalue weighted by Gasteiger charge is -2.15. The normalized spacial score (nSPS) is 15.0. The lowest BCUT2D eigenvalue weighted by Crippen LogP contribution is -2.27. The number of thioether (sulfide) groups is 1. The van der Waals surface area contributed by atoms with Gasteiger partial charge < -0.3 is 9.47 Å². The van der Waals surface area contributed by atoms with Crippen molar-refractivity contribution < 1.29 is 14.3 Å². The van der Waals surface area contributed by atoms with E-state index < -0.39 is 0 Å². The second-order valence-electron chi connectivity index (χ2n) is 7.40. The van der Waals surface area contributed by atoms with Gasteiger partial charge in [-0.15, -0.1) is 0 Å². The van der Waals surface area contributed by atoms with E-state index in [9.17, 15) is 4.79 Å². The van der Waals surface area contributed by atoms with E-state index in [1.807, 2.05) is 54.6 Å². The molecule has 1 fully saturated rings. The number of methoxy groups -OCH3 is 1. The van der Waals surface area contributed by atoms with Crippen molar-refractivity contribution in [1.29, 1.82) is 0 Å². The topological polar surface area (TPSA) is 38.8 Å². The number of hydrogen-bond donors (Lipinski definition) is 0. The summed E-state index contributed by atoms with van der Waals surface area (Å²) in [6.45, 7) is 2.97. The van der Waals surface area contributed by atoms with Crippen LogP contribution in [0, 0.1) is 0 Å². The fraction of sp³-hybridized carbons (Fsp3) is 0.360. The Labute approximate surface area is 194 Å². The highest BCUT2D eigenvalue weighted by atomic mass is 32.2. The first-order valence-corrected chi connectivity index (χ1v) is 12.0. The molecule has 6 heteroatoms. The molecule has 0 radical (unpaired) electrons. The predicted octanol–water partition coefficient (Wildman–Crippen LogP) is 6.84. The van der Waals surface area contributed by atoms with Gasteiger partial charge in [-0.25, -0.2) is 0 Å². The molecule has 1 heterocycles. The van der Waals surface area contributed by atoms with Crippen LogP contribution in [0.2, 0.25) is 0 Å². The number of rotatable bonds is 11. The van der Waals surface area contributed by atoms with E-state index in [4.69, 9.17) is 21.7 Å². The minimum absolute atomic E-state index is 0.119. The first-order valence-electron chi connectivity index (χ1n) is 10.8. The Morgan fingerprint density at radius 2 is 1.74 bits per heavy atom. The van der Waals surface area contributed by atoms with Gasteiger partial charge in [0.25, 0.3) is 5.91 Å². The molecule has 2 aromatic rings. The summed E-state index contributed by atoms with van der Waals surface area (Å²) in [5.74, 6) is 1.42. The highest BCUT2D eigenvalue weighted by molar-refractivity contribution is 8.27. The van der Waals surface area contributed by atoms with Crippen molar-refractivity contribution in [1.82, 2.24) is 0 Å². The van der Waals surface area contributed by atoms with Crippen LogP contribution in [-0.4, -0.2) is 23.9 Å². The molecule has 0 spiro atoms. The Balaban J connectivity index is 1.56. The average molecular weight is 456 g/mol. The van der Waals surface area contributed by atoms with Gasteiger partial charge in [0.1, 0.15) is 11.5 Å². The van der Waals surface area contributed by atoms with Crippen LogP contribution >= 0.6 is 24.0 Å². The number of anilines is 1. The Kier molecular flexibility index (Phi) is 8.98. The van der Waals surface area contributed by atoms with E-state index in [0.717, 1.165) is 24.3 Å². The van der Waals surface area contributed by atoms with Gasteiger partial charge in [0.15, 0.2) is 4.32 Å². The molecule has 1 amide bonds. The van der Waals surface area contributed by atoms with Crippen molar-refractivity contribution in [2.75, 3.05) is 18.6 Å². The Hall–Kier alpha value is -2.31. The van der Waals surface area contributed by atoms with Gasteiger partial charge in [-0.05, 0) is 42.3 Å². The molecule has 0 aliphatic carbocycles. The van der Waals surface area contributed by atoms with Crippen LogP contribution in [0.3, 0.4) is 0 Å². The Bertz CT molecular complexity index is 925. The van der Waals surface area contributed by atoms with Crippen LogP contribution < -0.4 is 14.4 Å². The van der Waals surface area contributed by atoms with Crippen molar-refractivity contribution >= 4 is 46.0 Å². The third kappa shape index (κ3) is 6.58. The van der Waals surface area contributed by atoms with Crippen LogP contribution in [0.25, 0.3) is 6.08 Å². The van der Waals surface area contributed by atoms with Crippen LogP contribution in [0.15, 0.2) is 53.4 Å². The summed E-state index contributed by atoms with van der Waals surface area (Å²) in [6.07, 6.45) is 9.36. The second-order valence-corrected chi connectivity index (χ2v) is 9.08. The van der Waals surface area contributed by atoms with Gasteiger partial charge in [0.05, 0.1) is 24.3 Å². The van der Waals surface area contributed by atoms with Crippen molar-refractivity contribution in [3.63, 3.8) is 0 Å². The molecule has 1 saturated heterocycles. The minimum Gasteiger partial charge on any atom is -0.497 e. The van der Waals surface area contributed by atoms with Gasteiger partial charge >= 0.3 is 0 Å². The molecule has 0 bridgehead atoms. The monoisotopic (exact) mass is 455 g/mol. The largest absolute Gasteiger partial charge is 0.497 e. The maximum Gasteiger partial charge on any atom is 0.270 e. The molecule has 1 aliphatic heterocycles. The Morgan fingerprint density at radius 1 is 1.00 bits per heavy atom. The van der Waals surface area contributed by atoms with Gasteiger partial charge in [-0.1, -0.05) is 81.2 Å². The zero-order valence-electron chi connectivity index (χ0n) is 18.1. The molecule has 1 aliphatic rings. The van der Waals surface area contributed by atoms with E-state index in [2.05, 4.69) is 6.92 Å². The highest BCUT2D eigenvalue weighted by Crippen LogP contribution is 2.37. The molecular weight excluding hydrogens is 426 g/mol. The maximum absolute atomic E-state index is 12.9. The average Bonchev–Trinajstić information content (AvgIpc) is 3.07. The summed E-state index contributed by atoms with van der Waals surface area (Å²) in [6, 6.07) is 15.2. The first kappa shape index (κ1) is 23.4. The summed E-state index contributed by atoms with van der Waals surface area (Å²) < 4.78 is 11.6. The van der Waals surface area contributed by atoms with Crippen molar-refractivity contribution in [3.8, 4) is 11.5 Å². The van der Waals surface area contributed by atoms with E-state index in [0.29, 0.717) is 20.7 Å². The number of nitrogens with zero attached hydrogens (tertiary/aromatic N) is 1. The van der Waals surface area contributed by atoms with E-state index in [-0.39, 0.29) is 5.91 Å². The molecule has 0 saturated carbocycles. The molecule has 4 nitrogen and oxygen atoms in total. The fourth-order valence-corrected chi connectivity index (χ4v) is 4.62. The summed E-state index contributed by atoms with van der Waals surface area (Å²) in [5.41, 5.74) is 1.65. The molecule has 0 N–H and O–H groups in total. The van der Waals surface area contributed by atoms with Crippen LogP contribution in [-0.2, 0) is 4.79 Å². The van der Waals surface area contributed by atoms with Crippen molar-refractivity contribution in [3.05, 3.63) is 59.0 Å². The summed E-state index contributed by atoms with van der Waals surface area (Å²) in [5, 5.41) is 0. The van der Waals surface area contributed by atoms with Crippen LogP contribution in [0.5, 0.6) is 11.5 Å². The lowest BCUT2D eigenvalue weighted by molar-refractivity contribution is -0.113. The number of carbonyl (C=O) groups excluding carboxylic acids is 1. The standard InChI is InChI=1S/C25H29NO3S2/c1-3-4-5-6-7-8-16-29-21-14-12-19(13-15-21)17-23-24(27)26(25(30)31-23)20-10-9-11-22(18-20)28-2/h9-15,17-18H,3-8,16H2,1-2H3/b23-17-. The number of hydrogen-bond acceptors (Lipinski definition) is 5. The molecular formula is C25H29NO3S2. The molecule has 164 valence electrons. The van der Waals surface area contributed by atoms with Crippen molar-refractivity contribution in [2.45, 2.75) is 45.4 Å². The van der Waals surface area contributed by atoms with E-state index in [1.54, 1.807) is 12.0 Å². The summed E-state index contributed by atoms with van der Waals surface area (Å²) in [4.78, 5) is 15.1. The van der Waals surface area contributed by atoms with E-state index in [1.165, 1.54) is 43.9 Å². The summed E-state index contributed by atoms with van der Waals surface area (Å²) in [7, 11) is 1.60. The quantitative estimate of drug-likeness (QED) is 0.211. The zero-order chi connectivity index (χ0) is 22.1. The minimum atomic E-state index is -0.119. The van der Waals surface area contributed by atoms with Gasteiger partial charge in [-0.2, -0.15) is 0 Å². The number of unbranched alkanes of at least 4 members (excludes halogenated alkanes) is 5. The Morgan fingerprint density at radius 3 is 2.48 bits per heavy atom. The number of thiocarbonyl (C=S) groups is 1. The SMILES string of the molecule is CCCCCCCCOc1ccc(/C=C2\SC(=S)N(c3cccc(OC)c3)C2=O)cc1. The molecule has 3 rings (SSSR count). The van der Waals surface area contributed by atoms with Gasteiger partial charge in [0, 0.05) is 6.07 Å². The smallest absolute Gasteiger partial charge is 0.270 e. The summed E-state index contributed by atoms with van der Waals surface area (Å²) >= 11 is 6.76. The maximum atomic E-state index is 12.9. The number of ether oxygens (including phenoxy) is 2. The molecule has 2 aromatic carbocycles. The lowest BCUT2D eigenvalue weighted by atomic mass is 10.1. The molecule has 0 atom stereocenters. The third-order valence-corrected chi connectivity index (χ3v) is 6.35.